The Kier molecular flexibility index (Phi) is 4.39. The summed E-state index contributed by atoms with van der Waals surface area (Å²) in [6.45, 7) is 0. The minimum Gasteiger partial charge on any atom is -0.216 e. The van der Waals surface area contributed by atoms with Gasteiger partial charge in [0.15, 0.2) is 5.82 Å². The average Bonchev–Trinajstić information content (AvgIpc) is 2.53. The molecule has 0 aliphatic heterocycles. The van der Waals surface area contributed by atoms with E-state index in [9.17, 15) is 0 Å². The van der Waals surface area contributed by atoms with Crippen molar-refractivity contribution in [3.05, 3.63) is 82.1 Å². The van der Waals surface area contributed by atoms with Crippen molar-refractivity contribution in [1.29, 1.82) is 0 Å². The Morgan fingerprint density at radius 1 is 0.682 bits per heavy atom. The van der Waals surface area contributed by atoms with E-state index in [1.165, 1.54) is 6.07 Å². The Labute approximate surface area is 138 Å². The first-order valence-corrected chi connectivity index (χ1v) is 7.34. The summed E-state index contributed by atoms with van der Waals surface area (Å²) < 4.78 is 0. The molecule has 3 aromatic rings. The number of nitrogens with zero attached hydrogens (tertiary/aromatic N) is 2. The van der Waals surface area contributed by atoms with Crippen molar-refractivity contribution < 1.29 is 0 Å². The molecule has 0 saturated carbocycles. The van der Waals surface area contributed by atoms with Gasteiger partial charge in [-0.1, -0.05) is 53.2 Å². The zero-order chi connectivity index (χ0) is 15.4. The van der Waals surface area contributed by atoms with E-state index in [2.05, 4.69) is 21.8 Å². The highest BCUT2D eigenvalue weighted by Gasteiger charge is 2.04. The third kappa shape index (κ3) is 3.65. The second-order valence-corrected chi connectivity index (χ2v) is 5.30. The van der Waals surface area contributed by atoms with Crippen molar-refractivity contribution in [2.75, 3.05) is 0 Å². The summed E-state index contributed by atoms with van der Waals surface area (Å²) in [5, 5.41) is 0.644. The lowest BCUT2D eigenvalue weighted by Crippen LogP contribution is -1.90. The molecule has 0 saturated heterocycles. The molecule has 0 N–H and O–H groups in total. The highest BCUT2D eigenvalue weighted by atomic mass is 35.5. The predicted molar refractivity (Wildman–Crippen MR) is 89.9 cm³/mol. The summed E-state index contributed by atoms with van der Waals surface area (Å²) in [4.78, 5) is 8.32. The third-order valence-corrected chi connectivity index (χ3v) is 3.32. The summed E-state index contributed by atoms with van der Waals surface area (Å²) in [6.07, 6.45) is 0. The van der Waals surface area contributed by atoms with Gasteiger partial charge in [0.1, 0.15) is 10.3 Å². The van der Waals surface area contributed by atoms with Gasteiger partial charge >= 0.3 is 0 Å². The molecule has 0 amide bonds. The van der Waals surface area contributed by atoms with Gasteiger partial charge in [-0.15, -0.1) is 0 Å². The fraction of sp³-hybridized carbons (Fsp3) is 0. The number of aromatic nitrogens is 2. The van der Waals surface area contributed by atoms with Crippen molar-refractivity contribution in [2.45, 2.75) is 0 Å². The van der Waals surface area contributed by atoms with Crippen molar-refractivity contribution >= 4 is 23.2 Å². The van der Waals surface area contributed by atoms with Crippen LogP contribution in [0.5, 0.6) is 0 Å². The minimum absolute atomic E-state index is 0.322. The highest BCUT2D eigenvalue weighted by molar-refractivity contribution is 6.33. The molecule has 2 aromatic carbocycles. The molecular weight excluding hydrogens is 315 g/mol. The zero-order valence-corrected chi connectivity index (χ0v) is 12.9. The first-order chi connectivity index (χ1) is 10.7. The first kappa shape index (κ1) is 14.6. The van der Waals surface area contributed by atoms with E-state index >= 15 is 0 Å². The van der Waals surface area contributed by atoms with Gasteiger partial charge in [-0.2, -0.15) is 0 Å². The maximum Gasteiger partial charge on any atom is 0.162 e. The number of halogens is 2. The van der Waals surface area contributed by atoms with Crippen molar-refractivity contribution in [2.24, 2.45) is 0 Å². The minimum atomic E-state index is 0.322. The van der Waals surface area contributed by atoms with Gasteiger partial charge in [0.05, 0.1) is 0 Å². The summed E-state index contributed by atoms with van der Waals surface area (Å²) in [7, 11) is 0. The molecule has 1 heterocycles. The molecule has 0 unspecified atom stereocenters. The molecule has 106 valence electrons. The van der Waals surface area contributed by atoms with Crippen LogP contribution < -0.4 is 0 Å². The second-order valence-electron chi connectivity index (χ2n) is 4.53. The maximum absolute atomic E-state index is 5.89. The summed E-state index contributed by atoms with van der Waals surface area (Å²) in [5.41, 5.74) is 2.74. The molecule has 0 fully saturated rings. The van der Waals surface area contributed by atoms with Gasteiger partial charge in [-0.3, -0.25) is 0 Å². The number of rotatable bonds is 1. The largest absolute Gasteiger partial charge is 0.216 e. The predicted octanol–water partition coefficient (Wildman–Crippen LogP) is 4.85. The van der Waals surface area contributed by atoms with E-state index in [0.717, 1.165) is 16.7 Å². The van der Waals surface area contributed by atoms with Crippen LogP contribution in [0.25, 0.3) is 11.4 Å². The molecule has 0 atom stereocenters. The first-order valence-electron chi connectivity index (χ1n) is 6.58. The van der Waals surface area contributed by atoms with Crippen LogP contribution in [0, 0.1) is 11.8 Å². The normalized spacial score (nSPS) is 9.91. The Morgan fingerprint density at radius 3 is 1.82 bits per heavy atom. The third-order valence-electron chi connectivity index (χ3n) is 2.93. The Bertz CT molecular complexity index is 828. The van der Waals surface area contributed by atoms with E-state index in [1.54, 1.807) is 0 Å². The van der Waals surface area contributed by atoms with Crippen LogP contribution in [0.2, 0.25) is 10.3 Å². The van der Waals surface area contributed by atoms with Gasteiger partial charge in [-0.25, -0.2) is 9.97 Å². The standard InChI is InChI=1S/C18H10Cl2N2/c19-16-12-17(20)22-18(21-16)15-10-8-14(9-11-15)7-6-13-4-2-1-3-5-13/h1-5,8-12H. The van der Waals surface area contributed by atoms with Crippen molar-refractivity contribution in [3.63, 3.8) is 0 Å². The molecule has 0 spiro atoms. The zero-order valence-electron chi connectivity index (χ0n) is 11.4. The van der Waals surface area contributed by atoms with Gasteiger partial charge in [0.2, 0.25) is 0 Å². The second kappa shape index (κ2) is 6.62. The lowest BCUT2D eigenvalue weighted by atomic mass is 10.1. The molecule has 0 aliphatic carbocycles. The summed E-state index contributed by atoms with van der Waals surface area (Å²) >= 11 is 11.8. The van der Waals surface area contributed by atoms with Crippen LogP contribution in [0.1, 0.15) is 11.1 Å². The van der Waals surface area contributed by atoms with Crippen LogP contribution in [-0.4, -0.2) is 9.97 Å². The molecule has 4 heteroatoms. The number of hydrogen-bond donors (Lipinski definition) is 0. The topological polar surface area (TPSA) is 25.8 Å². The lowest BCUT2D eigenvalue weighted by molar-refractivity contribution is 1.18. The van der Waals surface area contributed by atoms with Crippen molar-refractivity contribution in [3.8, 4) is 23.2 Å². The van der Waals surface area contributed by atoms with Crippen LogP contribution in [0.3, 0.4) is 0 Å². The average molecular weight is 325 g/mol. The highest BCUT2D eigenvalue weighted by Crippen LogP contribution is 2.20. The molecule has 3 rings (SSSR count). The van der Waals surface area contributed by atoms with Gasteiger partial charge in [0, 0.05) is 22.8 Å². The smallest absolute Gasteiger partial charge is 0.162 e. The lowest BCUT2D eigenvalue weighted by Gasteiger charge is -2.01. The van der Waals surface area contributed by atoms with Gasteiger partial charge in [0.25, 0.3) is 0 Å². The fourth-order valence-corrected chi connectivity index (χ4v) is 2.31. The van der Waals surface area contributed by atoms with E-state index in [1.807, 2.05) is 54.6 Å². The Balaban J connectivity index is 1.86. The summed E-state index contributed by atoms with van der Waals surface area (Å²) in [6, 6.07) is 19.0. The van der Waals surface area contributed by atoms with Crippen LogP contribution in [0.4, 0.5) is 0 Å². The Hall–Kier alpha value is -2.34. The van der Waals surface area contributed by atoms with E-state index < -0.39 is 0 Å². The molecule has 0 aliphatic rings. The van der Waals surface area contributed by atoms with E-state index in [0.29, 0.717) is 16.1 Å². The van der Waals surface area contributed by atoms with E-state index in [4.69, 9.17) is 23.2 Å². The molecule has 1 aromatic heterocycles. The number of hydrogen-bond acceptors (Lipinski definition) is 2. The fourth-order valence-electron chi connectivity index (χ4n) is 1.89. The molecule has 22 heavy (non-hydrogen) atoms. The SMILES string of the molecule is Clc1cc(Cl)nc(-c2ccc(C#Cc3ccccc3)cc2)n1. The van der Waals surface area contributed by atoms with Gasteiger partial charge < -0.3 is 0 Å². The van der Waals surface area contributed by atoms with Crippen LogP contribution in [-0.2, 0) is 0 Å². The summed E-state index contributed by atoms with van der Waals surface area (Å²) in [5.74, 6) is 6.73. The van der Waals surface area contributed by atoms with Crippen LogP contribution >= 0.6 is 23.2 Å². The molecular formula is C18H10Cl2N2. The monoisotopic (exact) mass is 324 g/mol. The van der Waals surface area contributed by atoms with Crippen LogP contribution in [0.15, 0.2) is 60.7 Å². The Morgan fingerprint density at radius 2 is 1.23 bits per heavy atom. The van der Waals surface area contributed by atoms with Gasteiger partial charge in [-0.05, 0) is 36.4 Å². The molecule has 0 bridgehead atoms. The van der Waals surface area contributed by atoms with E-state index in [-0.39, 0.29) is 0 Å². The maximum atomic E-state index is 5.89. The number of benzene rings is 2. The molecule has 0 radical (unpaired) electrons. The van der Waals surface area contributed by atoms with Crippen molar-refractivity contribution in [1.82, 2.24) is 9.97 Å². The molecule has 2 nitrogen and oxygen atoms in total. The quantitative estimate of drug-likeness (QED) is 0.472.